The van der Waals surface area contributed by atoms with Crippen molar-refractivity contribution >= 4 is 11.9 Å². The first-order valence-corrected chi connectivity index (χ1v) is 10.0. The quantitative estimate of drug-likeness (QED) is 0.778. The lowest BCUT2D eigenvalue weighted by Gasteiger charge is -2.25. The number of carbonyl (C=O) groups is 2. The molecular formula is C23H28N2O4. The van der Waals surface area contributed by atoms with Crippen molar-refractivity contribution in [1.29, 1.82) is 0 Å². The first-order valence-electron chi connectivity index (χ1n) is 10.0. The first kappa shape index (κ1) is 20.9. The molecule has 0 spiro atoms. The van der Waals surface area contributed by atoms with Crippen LogP contribution in [0.1, 0.15) is 35.2 Å². The second kappa shape index (κ2) is 10.1. The van der Waals surface area contributed by atoms with E-state index in [4.69, 9.17) is 9.84 Å². The molecule has 1 N–H and O–H groups in total. The van der Waals surface area contributed by atoms with Gasteiger partial charge in [0.15, 0.2) is 0 Å². The van der Waals surface area contributed by atoms with E-state index in [1.165, 1.54) is 0 Å². The monoisotopic (exact) mass is 396 g/mol. The largest absolute Gasteiger partial charge is 0.489 e. The normalized spacial score (nSPS) is 17.0. The van der Waals surface area contributed by atoms with Gasteiger partial charge in [0, 0.05) is 24.7 Å². The highest BCUT2D eigenvalue weighted by Gasteiger charge is 2.24. The number of rotatable bonds is 7. The summed E-state index contributed by atoms with van der Waals surface area (Å²) in [6.45, 7) is 1.80. The summed E-state index contributed by atoms with van der Waals surface area (Å²) in [5, 5.41) is 9.00. The molecule has 0 radical (unpaired) electrons. The van der Waals surface area contributed by atoms with E-state index in [2.05, 4.69) is 0 Å². The van der Waals surface area contributed by atoms with Crippen molar-refractivity contribution in [1.82, 2.24) is 9.80 Å². The average molecular weight is 396 g/mol. The number of amides is 1. The topological polar surface area (TPSA) is 70.1 Å². The van der Waals surface area contributed by atoms with Crippen LogP contribution in [0.2, 0.25) is 0 Å². The van der Waals surface area contributed by atoms with Gasteiger partial charge in [0.1, 0.15) is 12.4 Å². The molecule has 1 fully saturated rings. The Balaban J connectivity index is 1.59. The molecule has 0 bridgehead atoms. The molecular weight excluding hydrogens is 368 g/mol. The van der Waals surface area contributed by atoms with Gasteiger partial charge in [0.05, 0.1) is 6.54 Å². The molecule has 1 aliphatic rings. The summed E-state index contributed by atoms with van der Waals surface area (Å²) in [5.41, 5.74) is 1.70. The third-order valence-electron chi connectivity index (χ3n) is 5.32. The van der Waals surface area contributed by atoms with Crippen LogP contribution in [-0.2, 0) is 11.4 Å². The number of hydrogen-bond acceptors (Lipinski definition) is 4. The Bertz CT molecular complexity index is 825. The molecule has 1 saturated heterocycles. The van der Waals surface area contributed by atoms with Gasteiger partial charge in [-0.2, -0.15) is 0 Å². The number of likely N-dealkylation sites (N-methyl/N-ethyl adjacent to an activating group) is 1. The van der Waals surface area contributed by atoms with Gasteiger partial charge >= 0.3 is 5.97 Å². The van der Waals surface area contributed by atoms with Gasteiger partial charge in [-0.05, 0) is 50.1 Å². The lowest BCUT2D eigenvalue weighted by atomic mass is 10.1. The lowest BCUT2D eigenvalue weighted by molar-refractivity contribution is -0.138. The van der Waals surface area contributed by atoms with Crippen molar-refractivity contribution in [2.24, 2.45) is 0 Å². The highest BCUT2D eigenvalue weighted by atomic mass is 16.5. The maximum absolute atomic E-state index is 13.0. The summed E-state index contributed by atoms with van der Waals surface area (Å²) >= 11 is 0. The van der Waals surface area contributed by atoms with E-state index < -0.39 is 5.97 Å². The van der Waals surface area contributed by atoms with Crippen molar-refractivity contribution in [3.63, 3.8) is 0 Å². The SMILES string of the molecule is CN(CC(=O)O)[C@H]1CCCN(C(=O)c2cccc(OCc3ccccc3)c2)CC1. The Morgan fingerprint density at radius 1 is 1.10 bits per heavy atom. The zero-order chi connectivity index (χ0) is 20.6. The zero-order valence-electron chi connectivity index (χ0n) is 16.8. The van der Waals surface area contributed by atoms with Crippen LogP contribution in [0.4, 0.5) is 0 Å². The van der Waals surface area contributed by atoms with Gasteiger partial charge < -0.3 is 14.7 Å². The highest BCUT2D eigenvalue weighted by Crippen LogP contribution is 2.20. The number of aliphatic carboxylic acids is 1. The fourth-order valence-corrected chi connectivity index (χ4v) is 3.71. The van der Waals surface area contributed by atoms with Crippen LogP contribution in [0.25, 0.3) is 0 Å². The molecule has 2 aromatic carbocycles. The van der Waals surface area contributed by atoms with Crippen molar-refractivity contribution in [3.05, 3.63) is 65.7 Å². The predicted octanol–water partition coefficient (Wildman–Crippen LogP) is 3.28. The molecule has 3 rings (SSSR count). The minimum absolute atomic E-state index is 0.00306. The minimum Gasteiger partial charge on any atom is -0.489 e. The van der Waals surface area contributed by atoms with Crippen LogP contribution in [0.3, 0.4) is 0 Å². The van der Waals surface area contributed by atoms with Crippen LogP contribution >= 0.6 is 0 Å². The number of ether oxygens (including phenoxy) is 1. The van der Waals surface area contributed by atoms with Crippen LogP contribution in [0, 0.1) is 0 Å². The predicted molar refractivity (Wildman–Crippen MR) is 111 cm³/mol. The molecule has 0 aromatic heterocycles. The van der Waals surface area contributed by atoms with Crippen molar-refractivity contribution in [2.45, 2.75) is 31.9 Å². The average Bonchev–Trinajstić information content (AvgIpc) is 2.99. The summed E-state index contributed by atoms with van der Waals surface area (Å²) in [5.74, 6) is -0.151. The number of carboxylic acids is 1. The van der Waals surface area contributed by atoms with Crippen LogP contribution in [0.5, 0.6) is 5.75 Å². The molecule has 0 saturated carbocycles. The van der Waals surface area contributed by atoms with Gasteiger partial charge in [0.25, 0.3) is 5.91 Å². The summed E-state index contributed by atoms with van der Waals surface area (Å²) in [4.78, 5) is 27.7. The van der Waals surface area contributed by atoms with Gasteiger partial charge in [-0.15, -0.1) is 0 Å². The maximum Gasteiger partial charge on any atom is 0.317 e. The Morgan fingerprint density at radius 3 is 2.66 bits per heavy atom. The van der Waals surface area contributed by atoms with Crippen LogP contribution < -0.4 is 4.74 Å². The fraction of sp³-hybridized carbons (Fsp3) is 0.391. The van der Waals surface area contributed by atoms with Crippen LogP contribution in [0.15, 0.2) is 54.6 Å². The Labute approximate surface area is 171 Å². The number of nitrogens with zero attached hydrogens (tertiary/aromatic N) is 2. The van der Waals surface area contributed by atoms with E-state index in [9.17, 15) is 9.59 Å². The zero-order valence-corrected chi connectivity index (χ0v) is 16.8. The number of carbonyl (C=O) groups excluding carboxylic acids is 1. The highest BCUT2D eigenvalue weighted by molar-refractivity contribution is 5.94. The number of benzene rings is 2. The summed E-state index contributed by atoms with van der Waals surface area (Å²) in [6, 6.07) is 17.4. The maximum atomic E-state index is 13.0. The van der Waals surface area contributed by atoms with E-state index in [-0.39, 0.29) is 18.5 Å². The molecule has 1 aliphatic heterocycles. The second-order valence-electron chi connectivity index (χ2n) is 7.49. The molecule has 1 atom stereocenters. The molecule has 154 valence electrons. The molecule has 29 heavy (non-hydrogen) atoms. The van der Waals surface area contributed by atoms with Crippen molar-refractivity contribution in [2.75, 3.05) is 26.7 Å². The fourth-order valence-electron chi connectivity index (χ4n) is 3.71. The Kier molecular flexibility index (Phi) is 7.25. The molecule has 2 aromatic rings. The molecule has 1 amide bonds. The van der Waals surface area contributed by atoms with Crippen molar-refractivity contribution in [3.8, 4) is 5.75 Å². The Hall–Kier alpha value is -2.86. The van der Waals surface area contributed by atoms with Gasteiger partial charge in [-0.25, -0.2) is 0 Å². The molecule has 6 nitrogen and oxygen atoms in total. The van der Waals surface area contributed by atoms with Gasteiger partial charge in [-0.3, -0.25) is 14.5 Å². The summed E-state index contributed by atoms with van der Waals surface area (Å²) in [7, 11) is 1.84. The number of likely N-dealkylation sites (tertiary alicyclic amines) is 1. The summed E-state index contributed by atoms with van der Waals surface area (Å²) in [6.07, 6.45) is 2.54. The lowest BCUT2D eigenvalue weighted by Crippen LogP contribution is -2.37. The molecule has 6 heteroatoms. The smallest absolute Gasteiger partial charge is 0.317 e. The Morgan fingerprint density at radius 2 is 1.90 bits per heavy atom. The van der Waals surface area contributed by atoms with E-state index in [0.29, 0.717) is 31.0 Å². The molecule has 1 heterocycles. The van der Waals surface area contributed by atoms with Gasteiger partial charge in [-0.1, -0.05) is 36.4 Å². The number of hydrogen-bond donors (Lipinski definition) is 1. The van der Waals surface area contributed by atoms with E-state index in [1.54, 1.807) is 6.07 Å². The minimum atomic E-state index is -0.822. The molecule has 0 unspecified atom stereocenters. The third kappa shape index (κ3) is 6.06. The van der Waals surface area contributed by atoms with Crippen molar-refractivity contribution < 1.29 is 19.4 Å². The van der Waals surface area contributed by atoms with Crippen LogP contribution in [-0.4, -0.2) is 59.5 Å². The summed E-state index contributed by atoms with van der Waals surface area (Å²) < 4.78 is 5.85. The standard InChI is InChI=1S/C23H28N2O4/c1-24(16-22(26)27)20-10-6-13-25(14-12-20)23(28)19-9-5-11-21(15-19)29-17-18-7-3-2-4-8-18/h2-5,7-9,11,15,20H,6,10,12-14,16-17H2,1H3,(H,26,27)/t20-/m0/s1. The first-order chi connectivity index (χ1) is 14.0. The number of carboxylic acid groups (broad SMARTS) is 1. The second-order valence-corrected chi connectivity index (χ2v) is 7.49. The van der Waals surface area contributed by atoms with Gasteiger partial charge in [0.2, 0.25) is 0 Å². The van der Waals surface area contributed by atoms with E-state index in [0.717, 1.165) is 24.8 Å². The molecule has 0 aliphatic carbocycles. The van der Waals surface area contributed by atoms with E-state index in [1.807, 2.05) is 65.4 Å². The van der Waals surface area contributed by atoms with E-state index >= 15 is 0 Å². The third-order valence-corrected chi connectivity index (χ3v) is 5.32.